The Hall–Kier alpha value is -0.120. The lowest BCUT2D eigenvalue weighted by atomic mass is 10.1. The van der Waals surface area contributed by atoms with Crippen LogP contribution in [0.3, 0.4) is 0 Å². The van der Waals surface area contributed by atoms with Gasteiger partial charge in [-0.2, -0.15) is 0 Å². The van der Waals surface area contributed by atoms with E-state index in [0.717, 1.165) is 38.3 Å². The van der Waals surface area contributed by atoms with Crippen molar-refractivity contribution in [2.45, 2.75) is 38.7 Å². The van der Waals surface area contributed by atoms with E-state index < -0.39 is 0 Å². The molecule has 0 bridgehead atoms. The van der Waals surface area contributed by atoms with Gasteiger partial charge >= 0.3 is 0 Å². The van der Waals surface area contributed by atoms with Crippen molar-refractivity contribution in [2.24, 2.45) is 5.92 Å². The number of aliphatic hydroxyl groups is 1. The summed E-state index contributed by atoms with van der Waals surface area (Å²) in [5, 5.41) is 9.43. The van der Waals surface area contributed by atoms with Crippen LogP contribution in [0.1, 0.15) is 32.6 Å². The fourth-order valence-electron chi connectivity index (χ4n) is 2.24. The molecule has 1 rings (SSSR count). The first-order valence-corrected chi connectivity index (χ1v) is 6.15. The molecule has 1 saturated heterocycles. The quantitative estimate of drug-likeness (QED) is 0.698. The third-order valence-corrected chi connectivity index (χ3v) is 3.26. The molecule has 3 heteroatoms. The lowest BCUT2D eigenvalue weighted by Gasteiger charge is -2.16. The van der Waals surface area contributed by atoms with Crippen molar-refractivity contribution in [3.8, 4) is 0 Å². The van der Waals surface area contributed by atoms with Gasteiger partial charge in [-0.1, -0.05) is 6.92 Å². The van der Waals surface area contributed by atoms with E-state index in [0.29, 0.717) is 0 Å². The third kappa shape index (κ3) is 4.96. The van der Waals surface area contributed by atoms with Crippen LogP contribution in [-0.4, -0.2) is 49.5 Å². The molecular formula is C12H25NO2. The molecule has 0 aromatic rings. The van der Waals surface area contributed by atoms with Crippen LogP contribution in [0.5, 0.6) is 0 Å². The first-order chi connectivity index (χ1) is 7.26. The van der Waals surface area contributed by atoms with Crippen LogP contribution < -0.4 is 0 Å². The second-order valence-electron chi connectivity index (χ2n) is 4.61. The molecule has 0 spiro atoms. The van der Waals surface area contributed by atoms with Gasteiger partial charge in [0.1, 0.15) is 0 Å². The summed E-state index contributed by atoms with van der Waals surface area (Å²) >= 11 is 0. The van der Waals surface area contributed by atoms with E-state index in [2.05, 4.69) is 4.90 Å². The molecule has 2 atom stereocenters. The van der Waals surface area contributed by atoms with Crippen molar-refractivity contribution in [2.75, 3.05) is 33.4 Å². The Morgan fingerprint density at radius 3 is 3.00 bits per heavy atom. The molecule has 0 aromatic carbocycles. The zero-order valence-corrected chi connectivity index (χ0v) is 10.1. The molecule has 1 fully saturated rings. The fourth-order valence-corrected chi connectivity index (χ4v) is 2.24. The topological polar surface area (TPSA) is 32.7 Å². The summed E-state index contributed by atoms with van der Waals surface area (Å²) in [5.41, 5.74) is 0. The molecule has 0 radical (unpaired) electrons. The van der Waals surface area contributed by atoms with Gasteiger partial charge < -0.3 is 14.7 Å². The molecule has 1 heterocycles. The predicted molar refractivity (Wildman–Crippen MR) is 62.0 cm³/mol. The molecule has 1 aliphatic heterocycles. The average molecular weight is 215 g/mol. The maximum atomic E-state index is 9.43. The molecule has 1 aliphatic rings. The lowest BCUT2D eigenvalue weighted by Crippen LogP contribution is -2.23. The summed E-state index contributed by atoms with van der Waals surface area (Å²) in [4.78, 5) is 2.49. The van der Waals surface area contributed by atoms with Gasteiger partial charge in [-0.3, -0.25) is 0 Å². The Morgan fingerprint density at radius 2 is 2.33 bits per heavy atom. The molecule has 0 saturated carbocycles. The maximum Gasteiger partial charge on any atom is 0.0538 e. The van der Waals surface area contributed by atoms with E-state index in [1.54, 1.807) is 7.11 Å². The number of hydrogen-bond acceptors (Lipinski definition) is 3. The largest absolute Gasteiger partial charge is 0.393 e. The second-order valence-corrected chi connectivity index (χ2v) is 4.61. The Balaban J connectivity index is 2.03. The normalized spacial score (nSPS) is 24.6. The molecule has 0 amide bonds. The second kappa shape index (κ2) is 7.20. The molecule has 0 aliphatic carbocycles. The average Bonchev–Trinajstić information content (AvgIpc) is 2.66. The van der Waals surface area contributed by atoms with Crippen LogP contribution in [-0.2, 0) is 4.74 Å². The molecule has 2 unspecified atom stereocenters. The van der Waals surface area contributed by atoms with Crippen LogP contribution >= 0.6 is 0 Å². The van der Waals surface area contributed by atoms with Gasteiger partial charge in [-0.15, -0.1) is 0 Å². The standard InChI is InChI=1S/C12H25NO2/c1-3-12(14)5-4-7-13-8-6-11(9-13)10-15-2/h11-12,14H,3-10H2,1-2H3. The summed E-state index contributed by atoms with van der Waals surface area (Å²) in [6.45, 7) is 6.45. The minimum absolute atomic E-state index is 0.0950. The van der Waals surface area contributed by atoms with Gasteiger partial charge in [0.25, 0.3) is 0 Å². The van der Waals surface area contributed by atoms with Crippen LogP contribution in [0.2, 0.25) is 0 Å². The van der Waals surface area contributed by atoms with Gasteiger partial charge in [0.05, 0.1) is 12.7 Å². The van der Waals surface area contributed by atoms with Crippen molar-refractivity contribution in [3.05, 3.63) is 0 Å². The Bertz CT molecular complexity index is 164. The van der Waals surface area contributed by atoms with Gasteiger partial charge in [-0.25, -0.2) is 0 Å². The number of methoxy groups -OCH3 is 1. The minimum Gasteiger partial charge on any atom is -0.393 e. The van der Waals surface area contributed by atoms with E-state index >= 15 is 0 Å². The van der Waals surface area contributed by atoms with E-state index in [4.69, 9.17) is 4.74 Å². The first-order valence-electron chi connectivity index (χ1n) is 6.15. The number of likely N-dealkylation sites (tertiary alicyclic amines) is 1. The van der Waals surface area contributed by atoms with Crippen molar-refractivity contribution in [1.82, 2.24) is 4.90 Å². The van der Waals surface area contributed by atoms with E-state index in [1.807, 2.05) is 6.92 Å². The fraction of sp³-hybridized carbons (Fsp3) is 1.00. The Labute approximate surface area is 93.4 Å². The highest BCUT2D eigenvalue weighted by atomic mass is 16.5. The summed E-state index contributed by atoms with van der Waals surface area (Å²) in [6, 6.07) is 0. The highest BCUT2D eigenvalue weighted by molar-refractivity contribution is 4.75. The van der Waals surface area contributed by atoms with Crippen molar-refractivity contribution >= 4 is 0 Å². The highest BCUT2D eigenvalue weighted by Crippen LogP contribution is 2.17. The molecule has 0 aromatic heterocycles. The van der Waals surface area contributed by atoms with Crippen LogP contribution in [0, 0.1) is 5.92 Å². The lowest BCUT2D eigenvalue weighted by molar-refractivity contribution is 0.144. The monoisotopic (exact) mass is 215 g/mol. The molecule has 15 heavy (non-hydrogen) atoms. The van der Waals surface area contributed by atoms with Gasteiger partial charge in [-0.05, 0) is 44.7 Å². The van der Waals surface area contributed by atoms with Gasteiger partial charge in [0.2, 0.25) is 0 Å². The first kappa shape index (κ1) is 12.9. The summed E-state index contributed by atoms with van der Waals surface area (Å²) in [5.74, 6) is 0.728. The summed E-state index contributed by atoms with van der Waals surface area (Å²) in [6.07, 6.45) is 4.12. The summed E-state index contributed by atoms with van der Waals surface area (Å²) < 4.78 is 5.17. The molecule has 1 N–H and O–H groups in total. The molecule has 90 valence electrons. The van der Waals surface area contributed by atoms with Crippen molar-refractivity contribution in [1.29, 1.82) is 0 Å². The highest BCUT2D eigenvalue weighted by Gasteiger charge is 2.21. The maximum absolute atomic E-state index is 9.43. The number of aliphatic hydroxyl groups excluding tert-OH is 1. The Kier molecular flexibility index (Phi) is 6.22. The predicted octanol–water partition coefficient (Wildman–Crippen LogP) is 1.51. The summed E-state index contributed by atoms with van der Waals surface area (Å²) in [7, 11) is 1.78. The number of nitrogens with zero attached hydrogens (tertiary/aromatic N) is 1. The van der Waals surface area contributed by atoms with Crippen LogP contribution in [0.15, 0.2) is 0 Å². The van der Waals surface area contributed by atoms with E-state index in [1.165, 1.54) is 19.5 Å². The van der Waals surface area contributed by atoms with E-state index in [-0.39, 0.29) is 6.10 Å². The van der Waals surface area contributed by atoms with Crippen LogP contribution in [0.25, 0.3) is 0 Å². The zero-order chi connectivity index (χ0) is 11.1. The van der Waals surface area contributed by atoms with Gasteiger partial charge in [0, 0.05) is 13.7 Å². The zero-order valence-electron chi connectivity index (χ0n) is 10.1. The van der Waals surface area contributed by atoms with E-state index in [9.17, 15) is 5.11 Å². The number of hydrogen-bond donors (Lipinski definition) is 1. The van der Waals surface area contributed by atoms with Crippen molar-refractivity contribution in [3.63, 3.8) is 0 Å². The van der Waals surface area contributed by atoms with Crippen LogP contribution in [0.4, 0.5) is 0 Å². The molecular weight excluding hydrogens is 190 g/mol. The smallest absolute Gasteiger partial charge is 0.0538 e. The minimum atomic E-state index is -0.0950. The number of rotatable bonds is 7. The number of ether oxygens (including phenoxy) is 1. The SMILES string of the molecule is CCC(O)CCCN1CCC(COC)C1. The third-order valence-electron chi connectivity index (χ3n) is 3.26. The Morgan fingerprint density at radius 1 is 1.53 bits per heavy atom. The van der Waals surface area contributed by atoms with Crippen molar-refractivity contribution < 1.29 is 9.84 Å². The van der Waals surface area contributed by atoms with Gasteiger partial charge in [0.15, 0.2) is 0 Å². The molecule has 3 nitrogen and oxygen atoms in total.